The molecule has 0 bridgehead atoms. The largest absolute Gasteiger partial charge is 0.504 e. The first kappa shape index (κ1) is 10.5. The number of imidazole rings is 1. The van der Waals surface area contributed by atoms with Crippen molar-refractivity contribution < 1.29 is 9.84 Å². The fourth-order valence-electron chi connectivity index (χ4n) is 1.38. The first-order chi connectivity index (χ1) is 7.79. The lowest BCUT2D eigenvalue weighted by atomic mass is 10.3. The molecule has 0 saturated heterocycles. The Balaban J connectivity index is 1.99. The third-order valence-electron chi connectivity index (χ3n) is 2.29. The number of hydrogen-bond acceptors (Lipinski definition) is 3. The lowest BCUT2D eigenvalue weighted by Gasteiger charge is -2.05. The van der Waals surface area contributed by atoms with Crippen LogP contribution in [-0.4, -0.2) is 14.7 Å². The highest BCUT2D eigenvalue weighted by molar-refractivity contribution is 5.37. The highest BCUT2D eigenvalue weighted by Gasteiger charge is 2.02. The number of aromatic nitrogens is 2. The molecule has 0 unspecified atom stereocenters. The number of phenolic OH excluding ortho intramolecular Hbond substituents is 1. The Morgan fingerprint density at radius 3 is 2.88 bits per heavy atom. The Kier molecular flexibility index (Phi) is 3.10. The standard InChI is InChI=1S/C12H14N2O2/c1-2-14-7-10(13-9-14)8-16-12-6-4-3-5-11(12)15/h3-7,9,15H,2,8H2,1H3. The number of aromatic hydroxyl groups is 1. The van der Waals surface area contributed by atoms with E-state index in [0.717, 1.165) is 12.2 Å². The minimum Gasteiger partial charge on any atom is -0.504 e. The predicted octanol–water partition coefficient (Wildman–Crippen LogP) is 2.19. The van der Waals surface area contributed by atoms with Crippen molar-refractivity contribution in [1.82, 2.24) is 9.55 Å². The lowest BCUT2D eigenvalue weighted by molar-refractivity contribution is 0.285. The second-order valence-electron chi connectivity index (χ2n) is 3.45. The molecule has 1 heterocycles. The summed E-state index contributed by atoms with van der Waals surface area (Å²) < 4.78 is 7.43. The summed E-state index contributed by atoms with van der Waals surface area (Å²) in [5.74, 6) is 0.631. The van der Waals surface area contributed by atoms with E-state index in [1.54, 1.807) is 24.5 Å². The van der Waals surface area contributed by atoms with Gasteiger partial charge in [0.05, 0.1) is 12.0 Å². The third-order valence-corrected chi connectivity index (χ3v) is 2.29. The van der Waals surface area contributed by atoms with Gasteiger partial charge in [-0.05, 0) is 19.1 Å². The molecule has 0 spiro atoms. The number of hydrogen-bond donors (Lipinski definition) is 1. The molecular formula is C12H14N2O2. The Labute approximate surface area is 94.1 Å². The molecule has 0 aliphatic heterocycles. The van der Waals surface area contributed by atoms with Gasteiger partial charge in [-0.15, -0.1) is 0 Å². The van der Waals surface area contributed by atoms with Crippen molar-refractivity contribution in [2.75, 3.05) is 0 Å². The maximum absolute atomic E-state index is 9.49. The summed E-state index contributed by atoms with van der Waals surface area (Å²) in [4.78, 5) is 4.19. The molecule has 0 saturated carbocycles. The van der Waals surface area contributed by atoms with E-state index in [9.17, 15) is 5.11 Å². The molecule has 0 amide bonds. The predicted molar refractivity (Wildman–Crippen MR) is 60.3 cm³/mol. The van der Waals surface area contributed by atoms with Gasteiger partial charge in [0.25, 0.3) is 0 Å². The molecule has 2 rings (SSSR count). The van der Waals surface area contributed by atoms with E-state index in [0.29, 0.717) is 12.4 Å². The summed E-state index contributed by atoms with van der Waals surface area (Å²) in [6, 6.07) is 6.90. The van der Waals surface area contributed by atoms with E-state index < -0.39 is 0 Å². The van der Waals surface area contributed by atoms with Gasteiger partial charge in [-0.2, -0.15) is 0 Å². The van der Waals surface area contributed by atoms with E-state index in [2.05, 4.69) is 11.9 Å². The fraction of sp³-hybridized carbons (Fsp3) is 0.250. The van der Waals surface area contributed by atoms with Crippen LogP contribution in [0.5, 0.6) is 11.5 Å². The molecule has 0 aliphatic carbocycles. The fourth-order valence-corrected chi connectivity index (χ4v) is 1.38. The number of ether oxygens (including phenoxy) is 1. The van der Waals surface area contributed by atoms with Crippen molar-refractivity contribution in [1.29, 1.82) is 0 Å². The van der Waals surface area contributed by atoms with E-state index in [1.807, 2.05) is 16.8 Å². The quantitative estimate of drug-likeness (QED) is 0.855. The summed E-state index contributed by atoms with van der Waals surface area (Å²) >= 11 is 0. The normalized spacial score (nSPS) is 10.3. The van der Waals surface area contributed by atoms with E-state index in [4.69, 9.17) is 4.74 Å². The van der Waals surface area contributed by atoms with E-state index >= 15 is 0 Å². The number of phenols is 1. The molecule has 4 heteroatoms. The highest BCUT2D eigenvalue weighted by Crippen LogP contribution is 2.24. The smallest absolute Gasteiger partial charge is 0.161 e. The van der Waals surface area contributed by atoms with Crippen LogP contribution < -0.4 is 4.74 Å². The Bertz CT molecular complexity index is 466. The second kappa shape index (κ2) is 4.70. The first-order valence-corrected chi connectivity index (χ1v) is 5.21. The molecule has 4 nitrogen and oxygen atoms in total. The van der Waals surface area contributed by atoms with Crippen molar-refractivity contribution in [2.24, 2.45) is 0 Å². The van der Waals surface area contributed by atoms with Gasteiger partial charge in [-0.1, -0.05) is 12.1 Å². The molecule has 1 N–H and O–H groups in total. The van der Waals surface area contributed by atoms with Crippen LogP contribution in [0, 0.1) is 0 Å². The summed E-state index contributed by atoms with van der Waals surface area (Å²) in [5, 5.41) is 9.49. The number of aryl methyl sites for hydroxylation is 1. The minimum atomic E-state index is 0.150. The average molecular weight is 218 g/mol. The molecule has 0 aliphatic rings. The Morgan fingerprint density at radius 1 is 1.38 bits per heavy atom. The number of rotatable bonds is 4. The second-order valence-corrected chi connectivity index (χ2v) is 3.45. The van der Waals surface area contributed by atoms with Crippen molar-refractivity contribution in [2.45, 2.75) is 20.1 Å². The molecule has 2 aromatic rings. The maximum Gasteiger partial charge on any atom is 0.161 e. The van der Waals surface area contributed by atoms with Crippen molar-refractivity contribution in [3.8, 4) is 11.5 Å². The number of benzene rings is 1. The van der Waals surface area contributed by atoms with Gasteiger partial charge < -0.3 is 14.4 Å². The summed E-state index contributed by atoms with van der Waals surface area (Å²) in [5.41, 5.74) is 0.852. The Morgan fingerprint density at radius 2 is 2.19 bits per heavy atom. The lowest BCUT2D eigenvalue weighted by Crippen LogP contribution is -1.96. The monoisotopic (exact) mass is 218 g/mol. The maximum atomic E-state index is 9.49. The van der Waals surface area contributed by atoms with Crippen molar-refractivity contribution >= 4 is 0 Å². The zero-order valence-corrected chi connectivity index (χ0v) is 9.13. The van der Waals surface area contributed by atoms with Crippen LogP contribution in [0.2, 0.25) is 0 Å². The van der Waals surface area contributed by atoms with Gasteiger partial charge in [0.1, 0.15) is 6.61 Å². The third kappa shape index (κ3) is 2.34. The van der Waals surface area contributed by atoms with E-state index in [-0.39, 0.29) is 5.75 Å². The van der Waals surface area contributed by atoms with E-state index in [1.165, 1.54) is 0 Å². The Hall–Kier alpha value is -1.97. The zero-order chi connectivity index (χ0) is 11.4. The SMILES string of the molecule is CCn1cnc(COc2ccccc2O)c1. The first-order valence-electron chi connectivity index (χ1n) is 5.21. The number of nitrogens with zero attached hydrogens (tertiary/aromatic N) is 2. The van der Waals surface area contributed by atoms with Gasteiger partial charge in [0.15, 0.2) is 11.5 Å². The van der Waals surface area contributed by atoms with Gasteiger partial charge in [0.2, 0.25) is 0 Å². The minimum absolute atomic E-state index is 0.150. The highest BCUT2D eigenvalue weighted by atomic mass is 16.5. The van der Waals surface area contributed by atoms with Gasteiger partial charge in [-0.25, -0.2) is 4.98 Å². The van der Waals surface area contributed by atoms with Gasteiger partial charge >= 0.3 is 0 Å². The van der Waals surface area contributed by atoms with Crippen LogP contribution in [-0.2, 0) is 13.2 Å². The summed E-state index contributed by atoms with van der Waals surface area (Å²) in [7, 11) is 0. The van der Waals surface area contributed by atoms with Crippen LogP contribution in [0.25, 0.3) is 0 Å². The summed E-state index contributed by atoms with van der Waals surface area (Å²) in [6.45, 7) is 3.31. The van der Waals surface area contributed by atoms with Gasteiger partial charge in [-0.3, -0.25) is 0 Å². The van der Waals surface area contributed by atoms with Crippen LogP contribution in [0.4, 0.5) is 0 Å². The molecular weight excluding hydrogens is 204 g/mol. The zero-order valence-electron chi connectivity index (χ0n) is 9.13. The molecule has 1 aromatic heterocycles. The van der Waals surface area contributed by atoms with Crippen LogP contribution in [0.15, 0.2) is 36.8 Å². The molecule has 0 radical (unpaired) electrons. The molecule has 1 aromatic carbocycles. The molecule has 16 heavy (non-hydrogen) atoms. The van der Waals surface area contributed by atoms with Gasteiger partial charge in [0, 0.05) is 12.7 Å². The van der Waals surface area contributed by atoms with Crippen LogP contribution >= 0.6 is 0 Å². The summed E-state index contributed by atoms with van der Waals surface area (Å²) in [6.07, 6.45) is 3.70. The van der Waals surface area contributed by atoms with Crippen molar-refractivity contribution in [3.05, 3.63) is 42.5 Å². The van der Waals surface area contributed by atoms with Crippen LogP contribution in [0.3, 0.4) is 0 Å². The molecule has 0 atom stereocenters. The average Bonchev–Trinajstić information content (AvgIpc) is 2.76. The molecule has 84 valence electrons. The number of para-hydroxylation sites is 2. The molecule has 0 fully saturated rings. The van der Waals surface area contributed by atoms with Crippen molar-refractivity contribution in [3.63, 3.8) is 0 Å². The van der Waals surface area contributed by atoms with Crippen LogP contribution in [0.1, 0.15) is 12.6 Å². The topological polar surface area (TPSA) is 47.3 Å².